The maximum Gasteiger partial charge on any atom is 0.273 e. The Bertz CT molecular complexity index is 1050. The zero-order valence-electron chi connectivity index (χ0n) is 15.0. The Hall–Kier alpha value is -3.15. The summed E-state index contributed by atoms with van der Waals surface area (Å²) in [7, 11) is 0. The van der Waals surface area contributed by atoms with Gasteiger partial charge >= 0.3 is 0 Å². The molecule has 4 rings (SSSR count). The van der Waals surface area contributed by atoms with E-state index in [2.05, 4.69) is 10.4 Å². The molecule has 0 radical (unpaired) electrons. The van der Waals surface area contributed by atoms with Gasteiger partial charge in [-0.15, -0.1) is 0 Å². The van der Waals surface area contributed by atoms with Gasteiger partial charge in [0.15, 0.2) is 0 Å². The van der Waals surface area contributed by atoms with Crippen molar-refractivity contribution in [2.75, 3.05) is 16.8 Å². The van der Waals surface area contributed by atoms with E-state index in [-0.39, 0.29) is 11.8 Å². The fraction of sp³-hybridized carbons (Fsp3) is 0.250. The second-order valence-electron chi connectivity index (χ2n) is 6.35. The number of hydrogen-bond acceptors (Lipinski definition) is 3. The smallest absolute Gasteiger partial charge is 0.273 e. The number of amides is 2. The summed E-state index contributed by atoms with van der Waals surface area (Å²) < 4.78 is 1.69. The second-order valence-corrected chi connectivity index (χ2v) is 6.35. The van der Waals surface area contributed by atoms with Crippen molar-refractivity contribution in [1.82, 2.24) is 9.78 Å². The number of aromatic nitrogens is 2. The lowest BCUT2D eigenvalue weighted by Crippen LogP contribution is -2.25. The molecule has 0 atom stereocenters. The van der Waals surface area contributed by atoms with Crippen LogP contribution in [0.5, 0.6) is 0 Å². The maximum atomic E-state index is 12.8. The lowest BCUT2D eigenvalue weighted by Gasteiger charge is -2.15. The molecule has 0 fully saturated rings. The molecule has 1 aliphatic rings. The van der Waals surface area contributed by atoms with Crippen molar-refractivity contribution in [3.8, 4) is 0 Å². The van der Waals surface area contributed by atoms with Crippen LogP contribution in [0, 0.1) is 6.92 Å². The van der Waals surface area contributed by atoms with Gasteiger partial charge in [0.05, 0.1) is 11.4 Å². The van der Waals surface area contributed by atoms with E-state index in [1.54, 1.807) is 15.6 Å². The first-order valence-electron chi connectivity index (χ1n) is 8.78. The van der Waals surface area contributed by atoms with E-state index in [0.717, 1.165) is 22.2 Å². The molecule has 1 aliphatic heterocycles. The molecule has 6 nitrogen and oxygen atoms in total. The van der Waals surface area contributed by atoms with Gasteiger partial charge in [0.25, 0.3) is 11.8 Å². The van der Waals surface area contributed by atoms with Crippen molar-refractivity contribution in [2.45, 2.75) is 27.3 Å². The quantitative estimate of drug-likeness (QED) is 0.783. The summed E-state index contributed by atoms with van der Waals surface area (Å²) in [4.78, 5) is 27.1. The Kier molecular flexibility index (Phi) is 3.76. The van der Waals surface area contributed by atoms with Crippen LogP contribution in [0.3, 0.4) is 0 Å². The average molecular weight is 348 g/mol. The van der Waals surface area contributed by atoms with Gasteiger partial charge in [0.2, 0.25) is 0 Å². The molecule has 0 spiro atoms. The summed E-state index contributed by atoms with van der Waals surface area (Å²) >= 11 is 0. The van der Waals surface area contributed by atoms with Gasteiger partial charge in [-0.05, 0) is 45.0 Å². The summed E-state index contributed by atoms with van der Waals surface area (Å²) in [6.45, 7) is 7.02. The SMILES string of the molecule is CCN1C(=O)c2cccc3c(NC(=O)c4cc(C)nn4CC)ccc1c23. The molecule has 132 valence electrons. The maximum absolute atomic E-state index is 12.8. The van der Waals surface area contributed by atoms with Gasteiger partial charge in [-0.25, -0.2) is 0 Å². The summed E-state index contributed by atoms with van der Waals surface area (Å²) in [6, 6.07) is 11.2. The third kappa shape index (κ3) is 2.29. The van der Waals surface area contributed by atoms with E-state index in [1.807, 2.05) is 51.1 Å². The normalized spacial score (nSPS) is 12.9. The van der Waals surface area contributed by atoms with Crippen LogP contribution in [0.2, 0.25) is 0 Å². The lowest BCUT2D eigenvalue weighted by atomic mass is 10.0. The molecule has 0 saturated heterocycles. The molecule has 0 saturated carbocycles. The van der Waals surface area contributed by atoms with Crippen LogP contribution in [0.25, 0.3) is 10.8 Å². The Morgan fingerprint density at radius 1 is 1.15 bits per heavy atom. The molecule has 26 heavy (non-hydrogen) atoms. The number of nitrogens with zero attached hydrogens (tertiary/aromatic N) is 3. The third-order valence-electron chi connectivity index (χ3n) is 4.78. The number of nitrogens with one attached hydrogen (secondary N) is 1. The minimum atomic E-state index is -0.204. The molecule has 1 N–H and O–H groups in total. The minimum Gasteiger partial charge on any atom is -0.320 e. The summed E-state index contributed by atoms with van der Waals surface area (Å²) in [5.74, 6) is -0.193. The van der Waals surface area contributed by atoms with Crippen molar-refractivity contribution >= 4 is 34.0 Å². The Labute approximate surface area is 151 Å². The van der Waals surface area contributed by atoms with Gasteiger partial charge in [-0.2, -0.15) is 5.10 Å². The lowest BCUT2D eigenvalue weighted by molar-refractivity contribution is 0.0991. The van der Waals surface area contributed by atoms with E-state index >= 15 is 0 Å². The molecule has 1 aromatic heterocycles. The number of carbonyl (C=O) groups excluding carboxylic acids is 2. The highest BCUT2D eigenvalue weighted by molar-refractivity contribution is 6.27. The van der Waals surface area contributed by atoms with E-state index in [1.165, 1.54) is 0 Å². The molecule has 6 heteroatoms. The zero-order valence-corrected chi connectivity index (χ0v) is 15.0. The Morgan fingerprint density at radius 2 is 1.96 bits per heavy atom. The highest BCUT2D eigenvalue weighted by atomic mass is 16.2. The van der Waals surface area contributed by atoms with Crippen LogP contribution in [-0.2, 0) is 6.54 Å². The molecule has 2 amide bonds. The van der Waals surface area contributed by atoms with Crippen LogP contribution < -0.4 is 10.2 Å². The van der Waals surface area contributed by atoms with Crippen LogP contribution in [0.4, 0.5) is 11.4 Å². The summed E-state index contributed by atoms with van der Waals surface area (Å²) in [5, 5.41) is 9.09. The predicted octanol–water partition coefficient (Wildman–Crippen LogP) is 3.60. The molecule has 2 aromatic carbocycles. The Morgan fingerprint density at radius 3 is 2.69 bits per heavy atom. The van der Waals surface area contributed by atoms with E-state index in [0.29, 0.717) is 30.0 Å². The number of carbonyl (C=O) groups is 2. The van der Waals surface area contributed by atoms with Gasteiger partial charge < -0.3 is 10.2 Å². The molecular weight excluding hydrogens is 328 g/mol. The molecule has 0 unspecified atom stereocenters. The van der Waals surface area contributed by atoms with Gasteiger partial charge in [-0.3, -0.25) is 14.3 Å². The predicted molar refractivity (Wildman–Crippen MR) is 102 cm³/mol. The number of aryl methyl sites for hydroxylation is 2. The highest BCUT2D eigenvalue weighted by Crippen LogP contribution is 2.40. The zero-order chi connectivity index (χ0) is 18.4. The van der Waals surface area contributed by atoms with Gasteiger partial charge in [-0.1, -0.05) is 12.1 Å². The molecule has 0 bridgehead atoms. The standard InChI is InChI=1S/C20H20N4O2/c1-4-23-16-10-9-15(13-7-6-8-14(18(13)16)20(23)26)21-19(25)17-11-12(3)22-24(17)5-2/h6-11H,4-5H2,1-3H3,(H,21,25). The van der Waals surface area contributed by atoms with Gasteiger partial charge in [0, 0.05) is 35.1 Å². The van der Waals surface area contributed by atoms with E-state index in [4.69, 9.17) is 0 Å². The number of benzene rings is 2. The van der Waals surface area contributed by atoms with Crippen molar-refractivity contribution in [2.24, 2.45) is 0 Å². The molecule has 2 heterocycles. The van der Waals surface area contributed by atoms with Crippen LogP contribution in [0.1, 0.15) is 40.4 Å². The van der Waals surface area contributed by atoms with Crippen molar-refractivity contribution < 1.29 is 9.59 Å². The van der Waals surface area contributed by atoms with Crippen molar-refractivity contribution in [3.63, 3.8) is 0 Å². The fourth-order valence-corrected chi connectivity index (χ4v) is 3.62. The number of anilines is 2. The van der Waals surface area contributed by atoms with Crippen molar-refractivity contribution in [3.05, 3.63) is 53.3 Å². The fourth-order valence-electron chi connectivity index (χ4n) is 3.62. The van der Waals surface area contributed by atoms with E-state index < -0.39 is 0 Å². The van der Waals surface area contributed by atoms with E-state index in [9.17, 15) is 9.59 Å². The van der Waals surface area contributed by atoms with Crippen molar-refractivity contribution in [1.29, 1.82) is 0 Å². The first kappa shape index (κ1) is 16.3. The summed E-state index contributed by atoms with van der Waals surface area (Å²) in [6.07, 6.45) is 0. The van der Waals surface area contributed by atoms with Crippen LogP contribution in [0.15, 0.2) is 36.4 Å². The topological polar surface area (TPSA) is 67.2 Å². The third-order valence-corrected chi connectivity index (χ3v) is 4.78. The second kappa shape index (κ2) is 5.98. The number of hydrogen-bond donors (Lipinski definition) is 1. The summed E-state index contributed by atoms with van der Waals surface area (Å²) in [5.41, 5.74) is 3.62. The Balaban J connectivity index is 1.79. The highest BCUT2D eigenvalue weighted by Gasteiger charge is 2.29. The minimum absolute atomic E-state index is 0.0104. The average Bonchev–Trinajstić information content (AvgIpc) is 3.16. The largest absolute Gasteiger partial charge is 0.320 e. The van der Waals surface area contributed by atoms with Crippen LogP contribution >= 0.6 is 0 Å². The van der Waals surface area contributed by atoms with Crippen LogP contribution in [-0.4, -0.2) is 28.1 Å². The van der Waals surface area contributed by atoms with Gasteiger partial charge in [0.1, 0.15) is 5.69 Å². The monoisotopic (exact) mass is 348 g/mol. The molecule has 3 aromatic rings. The first-order valence-corrected chi connectivity index (χ1v) is 8.78. The number of rotatable bonds is 4. The molecule has 0 aliphatic carbocycles. The first-order chi connectivity index (χ1) is 12.5. The molecular formula is C20H20N4O2.